The van der Waals surface area contributed by atoms with Gasteiger partial charge >= 0.3 is 5.97 Å². The Balaban J connectivity index is 1.51. The van der Waals surface area contributed by atoms with Crippen LogP contribution < -0.4 is 0 Å². The maximum absolute atomic E-state index is 14.4. The summed E-state index contributed by atoms with van der Waals surface area (Å²) in [4.78, 5) is 50.6. The van der Waals surface area contributed by atoms with E-state index in [0.717, 1.165) is 12.1 Å². The third kappa shape index (κ3) is 5.02. The first-order chi connectivity index (χ1) is 17.1. The molecule has 36 heavy (non-hydrogen) atoms. The van der Waals surface area contributed by atoms with Crippen LogP contribution in [0.4, 0.5) is 8.78 Å². The minimum Gasteiger partial charge on any atom is -0.478 e. The van der Waals surface area contributed by atoms with E-state index in [4.69, 9.17) is 16.7 Å². The van der Waals surface area contributed by atoms with Gasteiger partial charge in [0.1, 0.15) is 18.5 Å². The number of para-hydroxylation sites is 1. The average molecular weight is 517 g/mol. The number of fused-ring (bicyclic) bond motifs is 1. The van der Waals surface area contributed by atoms with Crippen LogP contribution in [0, 0.1) is 5.82 Å². The quantitative estimate of drug-likeness (QED) is 0.445. The Hall–Kier alpha value is -3.59. The Kier molecular flexibility index (Phi) is 7.21. The normalized spacial score (nSPS) is 17.5. The number of hydrogen-bond donors (Lipinski definition) is 1. The molecule has 1 aromatic heterocycles. The summed E-state index contributed by atoms with van der Waals surface area (Å²) in [5, 5.41) is 9.49. The number of aromatic carboxylic acids is 1. The number of carbonyl (C=O) groups is 4. The number of nitrogens with zero attached hydrogens (tertiary/aromatic N) is 2. The maximum Gasteiger partial charge on any atom is 0.335 e. The Morgan fingerprint density at radius 1 is 1.17 bits per heavy atom. The van der Waals surface area contributed by atoms with Crippen LogP contribution in [0.5, 0.6) is 0 Å². The molecule has 2 heterocycles. The number of alkyl halides is 1. The molecule has 0 bridgehead atoms. The molecule has 2 aromatic carbocycles. The number of likely N-dealkylation sites (tertiary alicyclic amines) is 1. The first-order valence-corrected chi connectivity index (χ1v) is 11.7. The summed E-state index contributed by atoms with van der Waals surface area (Å²) in [6.45, 7) is 0.997. The fourth-order valence-corrected chi connectivity index (χ4v) is 4.88. The molecule has 0 spiro atoms. The van der Waals surface area contributed by atoms with Crippen molar-refractivity contribution in [1.29, 1.82) is 0 Å². The van der Waals surface area contributed by atoms with Crippen molar-refractivity contribution >= 4 is 45.9 Å². The first kappa shape index (κ1) is 25.5. The standard InChI is InChI=1S/C26H23ClF2N2O5/c1-14(32)19-12-30(21-5-3-2-4-18(19)21)13-24(34)31-11-17(28)10-22(31)23(33)7-6-15-8-16(26(35)36)9-20(27)25(15)29/h2-5,8-9,12,17,22H,6-7,10-11,13H2,1H3,(H,35,36)/t17-,22+/m1/s1. The molecule has 7 nitrogen and oxygen atoms in total. The van der Waals surface area contributed by atoms with Gasteiger partial charge in [-0.2, -0.15) is 0 Å². The molecule has 1 amide bonds. The molecule has 188 valence electrons. The van der Waals surface area contributed by atoms with Gasteiger partial charge in [0.15, 0.2) is 11.6 Å². The fraction of sp³-hybridized carbons (Fsp3) is 0.308. The Morgan fingerprint density at radius 3 is 2.58 bits per heavy atom. The zero-order chi connectivity index (χ0) is 26.1. The molecular weight excluding hydrogens is 494 g/mol. The number of benzene rings is 2. The number of ketones is 2. The van der Waals surface area contributed by atoms with Crippen LogP contribution >= 0.6 is 11.6 Å². The predicted molar refractivity (Wildman–Crippen MR) is 129 cm³/mol. The summed E-state index contributed by atoms with van der Waals surface area (Å²) in [5.74, 6) is -3.21. The lowest BCUT2D eigenvalue weighted by atomic mass is 9.99. The second-order valence-corrected chi connectivity index (χ2v) is 9.25. The number of Topliss-reactive ketones (excluding diaryl/α,β-unsaturated/α-hetero) is 2. The van der Waals surface area contributed by atoms with Crippen LogP contribution in [-0.2, 0) is 22.6 Å². The van der Waals surface area contributed by atoms with E-state index in [2.05, 4.69) is 0 Å². The second-order valence-electron chi connectivity index (χ2n) is 8.84. The zero-order valence-electron chi connectivity index (χ0n) is 19.3. The molecule has 1 saturated heterocycles. The number of aryl methyl sites for hydroxylation is 1. The molecule has 0 radical (unpaired) electrons. The van der Waals surface area contributed by atoms with Crippen LogP contribution in [0.2, 0.25) is 5.02 Å². The predicted octanol–water partition coefficient (Wildman–Crippen LogP) is 4.48. The topological polar surface area (TPSA) is 96.7 Å². The molecular formula is C26H23ClF2N2O5. The first-order valence-electron chi connectivity index (χ1n) is 11.3. The number of carboxylic acids is 1. The van der Waals surface area contributed by atoms with Gasteiger partial charge in [-0.15, -0.1) is 0 Å². The Morgan fingerprint density at radius 2 is 1.89 bits per heavy atom. The van der Waals surface area contributed by atoms with E-state index in [1.807, 2.05) is 0 Å². The van der Waals surface area contributed by atoms with E-state index in [0.29, 0.717) is 16.5 Å². The third-order valence-electron chi connectivity index (χ3n) is 6.41. The highest BCUT2D eigenvalue weighted by Crippen LogP contribution is 2.27. The van der Waals surface area contributed by atoms with Crippen LogP contribution in [0.1, 0.15) is 46.0 Å². The van der Waals surface area contributed by atoms with Crippen molar-refractivity contribution in [3.63, 3.8) is 0 Å². The summed E-state index contributed by atoms with van der Waals surface area (Å²) in [7, 11) is 0. The van der Waals surface area contributed by atoms with Crippen molar-refractivity contribution in [1.82, 2.24) is 9.47 Å². The summed E-state index contributed by atoms with van der Waals surface area (Å²) >= 11 is 5.78. The highest BCUT2D eigenvalue weighted by atomic mass is 35.5. The van der Waals surface area contributed by atoms with Crippen LogP contribution in [-0.4, -0.2) is 56.8 Å². The lowest BCUT2D eigenvalue weighted by Crippen LogP contribution is -2.42. The van der Waals surface area contributed by atoms with E-state index < -0.39 is 35.7 Å². The monoisotopic (exact) mass is 516 g/mol. The van der Waals surface area contributed by atoms with Gasteiger partial charge in [0, 0.05) is 35.5 Å². The van der Waals surface area contributed by atoms with E-state index in [9.17, 15) is 28.0 Å². The van der Waals surface area contributed by atoms with Crippen LogP contribution in [0.25, 0.3) is 10.9 Å². The molecule has 1 aliphatic rings. The zero-order valence-corrected chi connectivity index (χ0v) is 20.1. The largest absolute Gasteiger partial charge is 0.478 e. The van der Waals surface area contributed by atoms with Gasteiger partial charge in [-0.25, -0.2) is 13.6 Å². The third-order valence-corrected chi connectivity index (χ3v) is 6.68. The molecule has 0 aliphatic carbocycles. The number of carbonyl (C=O) groups excluding carboxylic acids is 3. The van der Waals surface area contributed by atoms with Crippen LogP contribution in [0.3, 0.4) is 0 Å². The number of carboxylic acid groups (broad SMARTS) is 1. The molecule has 2 atom stereocenters. The van der Waals surface area contributed by atoms with E-state index in [1.54, 1.807) is 35.0 Å². The molecule has 1 N–H and O–H groups in total. The van der Waals surface area contributed by atoms with Crippen molar-refractivity contribution in [3.8, 4) is 0 Å². The number of halogens is 3. The van der Waals surface area contributed by atoms with E-state index in [1.165, 1.54) is 11.8 Å². The van der Waals surface area contributed by atoms with Crippen molar-refractivity contribution in [2.24, 2.45) is 0 Å². The fourth-order valence-electron chi connectivity index (χ4n) is 4.64. The van der Waals surface area contributed by atoms with Gasteiger partial charge in [-0.05, 0) is 37.1 Å². The second kappa shape index (κ2) is 10.2. The number of rotatable bonds is 8. The average Bonchev–Trinajstić information content (AvgIpc) is 3.40. The van der Waals surface area contributed by atoms with Gasteiger partial charge in [0.25, 0.3) is 0 Å². The van der Waals surface area contributed by atoms with Gasteiger partial charge in [-0.3, -0.25) is 14.4 Å². The summed E-state index contributed by atoms with van der Waals surface area (Å²) in [6, 6.07) is 8.17. The molecule has 0 unspecified atom stereocenters. The molecule has 10 heteroatoms. The molecule has 3 aromatic rings. The van der Waals surface area contributed by atoms with Gasteiger partial charge in [-0.1, -0.05) is 29.8 Å². The van der Waals surface area contributed by atoms with Crippen molar-refractivity contribution in [3.05, 3.63) is 70.1 Å². The SMILES string of the molecule is CC(=O)c1cn(CC(=O)N2C[C@H](F)C[C@H]2C(=O)CCc2cc(C(=O)O)cc(Cl)c2F)c2ccccc12. The van der Waals surface area contributed by atoms with Gasteiger partial charge in [0.05, 0.1) is 23.2 Å². The highest BCUT2D eigenvalue weighted by molar-refractivity contribution is 6.31. The minimum atomic E-state index is -1.39. The number of hydrogen-bond acceptors (Lipinski definition) is 4. The minimum absolute atomic E-state index is 0.0449. The number of aromatic nitrogens is 1. The van der Waals surface area contributed by atoms with Gasteiger partial charge in [0.2, 0.25) is 5.91 Å². The lowest BCUT2D eigenvalue weighted by molar-refractivity contribution is -0.138. The molecule has 1 aliphatic heterocycles. The molecule has 0 saturated carbocycles. The van der Waals surface area contributed by atoms with Gasteiger partial charge < -0.3 is 14.6 Å². The number of amides is 1. The van der Waals surface area contributed by atoms with Crippen LogP contribution in [0.15, 0.2) is 42.6 Å². The lowest BCUT2D eigenvalue weighted by Gasteiger charge is -2.24. The van der Waals surface area contributed by atoms with Crippen molar-refractivity contribution in [2.75, 3.05) is 6.54 Å². The summed E-state index contributed by atoms with van der Waals surface area (Å²) in [5.41, 5.74) is 0.867. The maximum atomic E-state index is 14.4. The van der Waals surface area contributed by atoms with Crippen molar-refractivity contribution < 1.29 is 33.1 Å². The smallest absolute Gasteiger partial charge is 0.335 e. The van der Waals surface area contributed by atoms with E-state index in [-0.39, 0.29) is 54.3 Å². The molecule has 4 rings (SSSR count). The Labute approximate surface area is 210 Å². The summed E-state index contributed by atoms with van der Waals surface area (Å²) in [6.07, 6.45) is -0.358. The molecule has 1 fully saturated rings. The summed E-state index contributed by atoms with van der Waals surface area (Å²) < 4.78 is 30.3. The van der Waals surface area contributed by atoms with E-state index >= 15 is 0 Å². The van der Waals surface area contributed by atoms with Crippen molar-refractivity contribution in [2.45, 2.75) is 44.9 Å². The Bertz CT molecular complexity index is 1390. The highest BCUT2D eigenvalue weighted by Gasteiger charge is 2.39.